The van der Waals surface area contributed by atoms with Crippen molar-refractivity contribution in [2.75, 3.05) is 67.1 Å². The molecule has 15 nitrogen and oxygen atoms in total. The number of benzene rings is 4. The van der Waals surface area contributed by atoms with Crippen LogP contribution in [0.25, 0.3) is 11.3 Å². The van der Waals surface area contributed by atoms with E-state index in [9.17, 15) is 4.79 Å². The maximum atomic E-state index is 15.8. The number of methoxy groups -OCH3 is 1. The van der Waals surface area contributed by atoms with Crippen LogP contribution < -0.4 is 10.1 Å². The number of rotatable bonds is 16. The Bertz CT molecular complexity index is 2850. The standard InChI is InChI=1S/C59H72Cl2N8O7/c1-59(2)33-48(46-12-7-8-13-49(46)59)47-32-55(70)69(35-41-16-21-43(61)31-53(41)76-45-22-17-40(18-23-45)52-34-62-54(66(52)5)37-67-25-9-10-26-67)51(24-29-75-68-27-11-28-68)56(71)63-50(38-74-6)58(73)65(4)44(36-64(3)57(47)72)30-39-14-19-42(60)20-15-39/h7-8,12-23,31,34,44,47-48,50-51H,9-11,24-30,32-33,35-38H2,1-6H3,(H,63,71)/t44-,47+,48+,50+,51+/m1/s1. The second-order valence-electron chi connectivity index (χ2n) is 21.7. The van der Waals surface area contributed by atoms with Gasteiger partial charge in [-0.2, -0.15) is 5.06 Å². The highest BCUT2D eigenvalue weighted by molar-refractivity contribution is 6.31. The maximum absolute atomic E-state index is 15.8. The van der Waals surface area contributed by atoms with Gasteiger partial charge < -0.3 is 34.1 Å². The smallest absolute Gasteiger partial charge is 0.247 e. The van der Waals surface area contributed by atoms with Gasteiger partial charge in [0, 0.05) is 81.9 Å². The topological polar surface area (TPSA) is 142 Å². The monoisotopic (exact) mass is 1070 g/mol. The summed E-state index contributed by atoms with van der Waals surface area (Å²) in [5.74, 6) is -0.846. The largest absolute Gasteiger partial charge is 0.457 e. The summed E-state index contributed by atoms with van der Waals surface area (Å²) in [6.07, 6.45) is 6.19. The predicted molar refractivity (Wildman–Crippen MR) is 294 cm³/mol. The molecule has 3 fully saturated rings. The normalized spacial score (nSPS) is 22.9. The number of nitrogens with zero attached hydrogens (tertiary/aromatic N) is 7. The average Bonchev–Trinajstić information content (AvgIpc) is 4.16. The molecule has 1 aromatic heterocycles. The Hall–Kier alpha value is -5.81. The zero-order valence-corrected chi connectivity index (χ0v) is 46.2. The van der Waals surface area contributed by atoms with E-state index in [0.29, 0.717) is 39.9 Å². The number of amides is 4. The van der Waals surface area contributed by atoms with Crippen LogP contribution in [0.3, 0.4) is 0 Å². The third kappa shape index (κ3) is 12.6. The minimum Gasteiger partial charge on any atom is -0.457 e. The van der Waals surface area contributed by atoms with E-state index in [2.05, 4.69) is 40.8 Å². The second-order valence-corrected chi connectivity index (χ2v) is 22.6. The lowest BCUT2D eigenvalue weighted by Gasteiger charge is -2.39. The second kappa shape index (κ2) is 24.2. The number of ether oxygens (including phenoxy) is 2. The van der Waals surface area contributed by atoms with Crippen molar-refractivity contribution in [1.29, 1.82) is 0 Å². The number of fused-ring (bicyclic) bond motifs is 1. The Balaban J connectivity index is 1.09. The minimum absolute atomic E-state index is 0.0772. The third-order valence-electron chi connectivity index (χ3n) is 16.0. The molecule has 1 aliphatic carbocycles. The summed E-state index contributed by atoms with van der Waals surface area (Å²) in [5.41, 5.74) is 5.31. The lowest BCUT2D eigenvalue weighted by Crippen LogP contribution is -2.59. The van der Waals surface area contributed by atoms with Crippen LogP contribution in [0, 0.1) is 5.92 Å². The molecule has 5 atom stereocenters. The summed E-state index contributed by atoms with van der Waals surface area (Å²) in [6, 6.07) is 25.7. The lowest BCUT2D eigenvalue weighted by molar-refractivity contribution is -0.199. The fraction of sp³-hybridized carbons (Fsp3) is 0.475. The molecule has 4 heterocycles. The number of hydrogen-bond acceptors (Lipinski definition) is 10. The van der Waals surface area contributed by atoms with Crippen LogP contribution in [0.1, 0.15) is 86.4 Å². The van der Waals surface area contributed by atoms with E-state index in [0.717, 1.165) is 72.9 Å². The summed E-state index contributed by atoms with van der Waals surface area (Å²) < 4.78 is 14.4. The summed E-state index contributed by atoms with van der Waals surface area (Å²) in [5, 5.41) is 5.86. The number of carbonyl (C=O) groups excluding carboxylic acids is 4. The summed E-state index contributed by atoms with van der Waals surface area (Å²) in [6.45, 7) is 8.83. The van der Waals surface area contributed by atoms with Gasteiger partial charge in [0.25, 0.3) is 0 Å². The molecule has 76 heavy (non-hydrogen) atoms. The van der Waals surface area contributed by atoms with Gasteiger partial charge in [-0.1, -0.05) is 79.5 Å². The van der Waals surface area contributed by atoms with Crippen molar-refractivity contribution in [3.8, 4) is 22.8 Å². The Morgan fingerprint density at radius 2 is 1.53 bits per heavy atom. The van der Waals surface area contributed by atoms with E-state index in [4.69, 9.17) is 42.5 Å². The summed E-state index contributed by atoms with van der Waals surface area (Å²) in [7, 11) is 6.96. The van der Waals surface area contributed by atoms with Gasteiger partial charge in [0.2, 0.25) is 23.6 Å². The lowest BCUT2D eigenvalue weighted by atomic mass is 9.80. The van der Waals surface area contributed by atoms with Crippen LogP contribution in [0.2, 0.25) is 10.0 Å². The maximum Gasteiger partial charge on any atom is 0.247 e. The van der Waals surface area contributed by atoms with Crippen molar-refractivity contribution in [1.82, 2.24) is 39.5 Å². The molecule has 1 N–H and O–H groups in total. The number of likely N-dealkylation sites (N-methyl/N-ethyl adjacent to an activating group) is 2. The van der Waals surface area contributed by atoms with Crippen LogP contribution >= 0.6 is 23.2 Å². The summed E-state index contributed by atoms with van der Waals surface area (Å²) in [4.78, 5) is 79.7. The zero-order valence-electron chi connectivity index (χ0n) is 44.7. The highest BCUT2D eigenvalue weighted by Gasteiger charge is 2.46. The quantitative estimate of drug-likeness (QED) is 0.102. The molecule has 0 saturated carbocycles. The number of nitrogens with one attached hydrogen (secondary N) is 1. The van der Waals surface area contributed by atoms with Gasteiger partial charge in [0.15, 0.2) is 0 Å². The van der Waals surface area contributed by atoms with Crippen LogP contribution in [-0.2, 0) is 60.7 Å². The van der Waals surface area contributed by atoms with Crippen LogP contribution in [0.15, 0.2) is 97.2 Å². The fourth-order valence-corrected chi connectivity index (χ4v) is 11.8. The first-order valence-corrected chi connectivity index (χ1v) is 27.4. The Morgan fingerprint density at radius 1 is 0.803 bits per heavy atom. The van der Waals surface area contributed by atoms with Crippen LogP contribution in [0.5, 0.6) is 11.5 Å². The van der Waals surface area contributed by atoms with Gasteiger partial charge in [0.1, 0.15) is 29.4 Å². The van der Waals surface area contributed by atoms with E-state index < -0.39 is 41.8 Å². The molecule has 17 heteroatoms. The first-order valence-electron chi connectivity index (χ1n) is 26.7. The molecule has 9 rings (SSSR count). The van der Waals surface area contributed by atoms with Gasteiger partial charge >= 0.3 is 0 Å². The Morgan fingerprint density at radius 3 is 2.24 bits per heavy atom. The van der Waals surface area contributed by atoms with E-state index in [1.165, 1.54) is 24.9 Å². The zero-order chi connectivity index (χ0) is 53.7. The predicted octanol–water partition coefficient (Wildman–Crippen LogP) is 8.65. The number of aromatic nitrogens is 2. The third-order valence-corrected chi connectivity index (χ3v) is 16.5. The highest BCUT2D eigenvalue weighted by atomic mass is 35.5. The van der Waals surface area contributed by atoms with Gasteiger partial charge in [0.05, 0.1) is 50.2 Å². The van der Waals surface area contributed by atoms with E-state index in [1.54, 1.807) is 54.2 Å². The SMILES string of the molecule is COC[C@@H]1NC(=O)[C@H](CCON2CCC2)N(Cc2ccc(Cl)cc2Oc2ccc(-c3cnc(CN4CCCC4)n3C)cc2)C(=O)C[C@@H]([C@H]2CC(C)(C)c3ccccc32)C(=O)N(C)C[C@@H](Cc2ccc(Cl)cc2)N(C)C1=O. The molecule has 3 aliphatic heterocycles. The Labute approximate surface area is 457 Å². The molecular formula is C59H72Cl2N8O7. The molecule has 4 aromatic carbocycles. The molecular weight excluding hydrogens is 1000 g/mol. The molecule has 4 amide bonds. The van der Waals surface area contributed by atoms with Crippen molar-refractivity contribution >= 4 is 46.8 Å². The molecule has 5 aromatic rings. The number of hydrogen-bond donors (Lipinski definition) is 1. The fourth-order valence-electron chi connectivity index (χ4n) is 11.5. The number of carbonyl (C=O) groups is 4. The van der Waals surface area contributed by atoms with Crippen molar-refractivity contribution in [2.24, 2.45) is 13.0 Å². The van der Waals surface area contributed by atoms with Gasteiger partial charge in [-0.3, -0.25) is 28.9 Å². The van der Waals surface area contributed by atoms with Crippen LogP contribution in [0.4, 0.5) is 0 Å². The highest BCUT2D eigenvalue weighted by Crippen LogP contribution is 2.50. The van der Waals surface area contributed by atoms with Gasteiger partial charge in [-0.25, -0.2) is 4.98 Å². The minimum atomic E-state index is -1.17. The number of hydroxylamine groups is 2. The van der Waals surface area contributed by atoms with Gasteiger partial charge in [-0.05, 0) is 122 Å². The molecule has 0 unspecified atom stereocenters. The van der Waals surface area contributed by atoms with Crippen molar-refractivity contribution in [2.45, 2.75) is 101 Å². The molecule has 3 saturated heterocycles. The Kier molecular flexibility index (Phi) is 17.5. The molecule has 0 radical (unpaired) electrons. The number of halogens is 2. The van der Waals surface area contributed by atoms with Crippen molar-refractivity contribution in [3.05, 3.63) is 135 Å². The number of imidazole rings is 1. The van der Waals surface area contributed by atoms with E-state index in [-0.39, 0.29) is 56.4 Å². The van der Waals surface area contributed by atoms with Crippen molar-refractivity contribution in [3.63, 3.8) is 0 Å². The molecule has 404 valence electrons. The molecule has 0 spiro atoms. The first-order chi connectivity index (χ1) is 36.6. The molecule has 4 aliphatic rings. The number of likely N-dealkylation sites (tertiary alicyclic amines) is 1. The first kappa shape index (κ1) is 55.0. The van der Waals surface area contributed by atoms with Crippen LogP contribution in [-0.4, -0.2) is 143 Å². The van der Waals surface area contributed by atoms with Gasteiger partial charge in [-0.15, -0.1) is 0 Å². The average molecular weight is 1080 g/mol. The molecule has 0 bridgehead atoms. The van der Waals surface area contributed by atoms with Crippen molar-refractivity contribution < 1.29 is 33.5 Å². The van der Waals surface area contributed by atoms with E-state index >= 15 is 14.4 Å². The summed E-state index contributed by atoms with van der Waals surface area (Å²) >= 11 is 13.0. The van der Waals surface area contributed by atoms with E-state index in [1.807, 2.05) is 66.8 Å².